The summed E-state index contributed by atoms with van der Waals surface area (Å²) in [6.45, 7) is 1.01. The van der Waals surface area contributed by atoms with Gasteiger partial charge in [-0.15, -0.1) is 0 Å². The topological polar surface area (TPSA) is 251 Å². The lowest BCUT2D eigenvalue weighted by Gasteiger charge is -2.47. The Kier molecular flexibility index (Phi) is 9.89. The normalized spacial score (nSPS) is 41.2. The maximum atomic E-state index is 11.8. The minimum absolute atomic E-state index is 0.621. The summed E-state index contributed by atoms with van der Waals surface area (Å²) in [7, 11) is 0. The molecule has 0 bridgehead atoms. The molecule has 15 heteroatoms. The van der Waals surface area contributed by atoms with Gasteiger partial charge in [-0.3, -0.25) is 9.59 Å². The van der Waals surface area contributed by atoms with E-state index in [0.717, 1.165) is 6.92 Å². The number of carboxylic acid groups (broad SMARTS) is 1. The number of rotatable bonds is 9. The van der Waals surface area contributed by atoms with E-state index in [2.05, 4.69) is 5.32 Å². The molecule has 2 heterocycles. The zero-order chi connectivity index (χ0) is 25.0. The maximum absolute atomic E-state index is 11.8. The Morgan fingerprint density at radius 1 is 0.970 bits per heavy atom. The molecule has 2 aliphatic heterocycles. The molecule has 2 aliphatic rings. The molecular formula is C18H32N2O13. The molecule has 192 valence electrons. The van der Waals surface area contributed by atoms with E-state index in [1.165, 1.54) is 6.92 Å². The quantitative estimate of drug-likeness (QED) is 0.148. The Bertz CT molecular complexity index is 667. The first-order valence-corrected chi connectivity index (χ1v) is 10.2. The van der Waals surface area contributed by atoms with Crippen LogP contribution in [0.3, 0.4) is 0 Å². The van der Waals surface area contributed by atoms with Crippen LogP contribution in [0.4, 0.5) is 0 Å². The summed E-state index contributed by atoms with van der Waals surface area (Å²) in [5.74, 6) is -1.99. The van der Waals surface area contributed by atoms with Gasteiger partial charge in [0.05, 0.1) is 19.3 Å². The fourth-order valence-electron chi connectivity index (χ4n) is 3.57. The lowest BCUT2D eigenvalue weighted by Crippen LogP contribution is -2.68. The molecule has 10 unspecified atom stereocenters. The van der Waals surface area contributed by atoms with Crippen LogP contribution < -0.4 is 11.1 Å². The van der Waals surface area contributed by atoms with Crippen molar-refractivity contribution < 1.29 is 64.3 Å². The number of aliphatic carboxylic acids is 1. The number of hydrogen-bond donors (Lipinski definition) is 9. The lowest BCUT2D eigenvalue weighted by atomic mass is 9.95. The smallest absolute Gasteiger partial charge is 0.323 e. The van der Waals surface area contributed by atoms with Gasteiger partial charge in [0.1, 0.15) is 54.8 Å². The number of carboxylic acids is 1. The molecule has 0 saturated carbocycles. The molecule has 10 N–H and O–H groups in total. The molecule has 33 heavy (non-hydrogen) atoms. The van der Waals surface area contributed by atoms with E-state index in [0.29, 0.717) is 0 Å². The molecule has 0 spiro atoms. The fraction of sp³-hybridized carbons (Fsp3) is 0.889. The van der Waals surface area contributed by atoms with Crippen molar-refractivity contribution in [3.8, 4) is 0 Å². The zero-order valence-corrected chi connectivity index (χ0v) is 18.0. The second kappa shape index (κ2) is 11.8. The predicted octanol–water partition coefficient (Wildman–Crippen LogP) is -5.43. The van der Waals surface area contributed by atoms with Crippen molar-refractivity contribution in [2.24, 2.45) is 5.73 Å². The first-order valence-electron chi connectivity index (χ1n) is 10.2. The van der Waals surface area contributed by atoms with E-state index >= 15 is 0 Å². The van der Waals surface area contributed by atoms with Crippen LogP contribution in [0.5, 0.6) is 0 Å². The van der Waals surface area contributed by atoms with Crippen LogP contribution in [0.2, 0.25) is 0 Å². The molecule has 12 atom stereocenters. The summed E-state index contributed by atoms with van der Waals surface area (Å²) < 4.78 is 22.0. The van der Waals surface area contributed by atoms with E-state index < -0.39 is 98.6 Å². The van der Waals surface area contributed by atoms with Crippen LogP contribution in [-0.4, -0.2) is 134 Å². The summed E-state index contributed by atoms with van der Waals surface area (Å²) >= 11 is 0. The Labute approximate surface area is 188 Å². The number of nitrogens with two attached hydrogens (primary N) is 1. The van der Waals surface area contributed by atoms with Gasteiger partial charge in [-0.05, 0) is 6.92 Å². The first-order chi connectivity index (χ1) is 15.4. The Hall–Kier alpha value is -1.50. The lowest BCUT2D eigenvalue weighted by molar-refractivity contribution is -0.347. The van der Waals surface area contributed by atoms with E-state index in [4.69, 9.17) is 29.8 Å². The monoisotopic (exact) mass is 484 g/mol. The highest BCUT2D eigenvalue weighted by Crippen LogP contribution is 2.30. The van der Waals surface area contributed by atoms with E-state index in [9.17, 15) is 40.2 Å². The van der Waals surface area contributed by atoms with Gasteiger partial charge in [0.25, 0.3) is 0 Å². The summed E-state index contributed by atoms with van der Waals surface area (Å²) in [6, 6.07) is -2.80. The standard InChI is InChI=1S/C18H32N2O13/c1-5(9(19)16(28)29)30-17-10(20-6(2)23)15(12(25)8(4-22)31-17)33-18-14(27)13(26)11(24)7(3-21)32-18/h5,7-15,17-18,21-22,24-27H,3-4,19H2,1-2H3,(H,20,23)(H,28,29)/t5-,7?,8?,9+,10?,11?,12?,13?,14?,15?,17?,18?/m0/s1. The van der Waals surface area contributed by atoms with Crippen molar-refractivity contribution in [3.63, 3.8) is 0 Å². The van der Waals surface area contributed by atoms with Gasteiger partial charge in [0.2, 0.25) is 5.91 Å². The Balaban J connectivity index is 2.32. The fourth-order valence-corrected chi connectivity index (χ4v) is 3.57. The predicted molar refractivity (Wildman–Crippen MR) is 104 cm³/mol. The van der Waals surface area contributed by atoms with E-state index in [-0.39, 0.29) is 0 Å². The molecule has 0 aliphatic carbocycles. The van der Waals surface area contributed by atoms with Crippen molar-refractivity contribution in [1.29, 1.82) is 0 Å². The molecule has 0 aromatic heterocycles. The number of nitrogens with one attached hydrogen (secondary N) is 1. The number of aliphatic hydroxyl groups is 6. The van der Waals surface area contributed by atoms with Gasteiger partial charge in [0.15, 0.2) is 12.6 Å². The van der Waals surface area contributed by atoms with Crippen molar-refractivity contribution in [2.45, 2.75) is 87.3 Å². The highest BCUT2D eigenvalue weighted by Gasteiger charge is 2.52. The number of amides is 1. The van der Waals surface area contributed by atoms with Crippen molar-refractivity contribution in [3.05, 3.63) is 0 Å². The maximum Gasteiger partial charge on any atom is 0.323 e. The SMILES string of the molecule is CC(=O)NC1C(O[C@@H](C)[C@@H](N)C(=O)O)OC(CO)C(O)C1OC1OC(CO)C(O)C(O)C1O. The molecule has 0 aromatic carbocycles. The van der Waals surface area contributed by atoms with Gasteiger partial charge in [-0.1, -0.05) is 0 Å². The van der Waals surface area contributed by atoms with Gasteiger partial charge in [-0.2, -0.15) is 0 Å². The second-order valence-electron chi connectivity index (χ2n) is 7.95. The van der Waals surface area contributed by atoms with Crippen LogP contribution in [0.15, 0.2) is 0 Å². The minimum Gasteiger partial charge on any atom is -0.480 e. The van der Waals surface area contributed by atoms with E-state index in [1.54, 1.807) is 0 Å². The molecule has 0 aromatic rings. The highest BCUT2D eigenvalue weighted by molar-refractivity contribution is 5.74. The summed E-state index contributed by atoms with van der Waals surface area (Å²) in [5, 5.41) is 71.4. The minimum atomic E-state index is -1.82. The van der Waals surface area contributed by atoms with Gasteiger partial charge in [0, 0.05) is 6.92 Å². The van der Waals surface area contributed by atoms with Gasteiger partial charge in [-0.25, -0.2) is 0 Å². The first kappa shape index (κ1) is 27.7. The third kappa shape index (κ3) is 6.34. The third-order valence-corrected chi connectivity index (χ3v) is 5.50. The summed E-state index contributed by atoms with van der Waals surface area (Å²) in [6.07, 6.45) is -15.3. The molecule has 2 rings (SSSR count). The Morgan fingerprint density at radius 3 is 2.03 bits per heavy atom. The van der Waals surface area contributed by atoms with E-state index in [1.807, 2.05) is 0 Å². The van der Waals surface area contributed by atoms with Gasteiger partial charge < -0.3 is 65.7 Å². The van der Waals surface area contributed by atoms with Crippen LogP contribution in [0, 0.1) is 0 Å². The zero-order valence-electron chi connectivity index (χ0n) is 18.0. The van der Waals surface area contributed by atoms with Crippen LogP contribution >= 0.6 is 0 Å². The summed E-state index contributed by atoms with van der Waals surface area (Å²) in [4.78, 5) is 23.0. The number of aliphatic hydroxyl groups excluding tert-OH is 6. The molecule has 15 nitrogen and oxygen atoms in total. The third-order valence-electron chi connectivity index (χ3n) is 5.50. The highest BCUT2D eigenvalue weighted by atomic mass is 16.7. The Morgan fingerprint density at radius 2 is 1.52 bits per heavy atom. The van der Waals surface area contributed by atoms with Gasteiger partial charge >= 0.3 is 5.97 Å². The molecule has 2 fully saturated rings. The molecule has 1 amide bonds. The molecule has 2 saturated heterocycles. The average molecular weight is 484 g/mol. The average Bonchev–Trinajstić information content (AvgIpc) is 2.76. The van der Waals surface area contributed by atoms with Crippen LogP contribution in [0.1, 0.15) is 13.8 Å². The number of carbonyl (C=O) groups excluding carboxylic acids is 1. The molecular weight excluding hydrogens is 452 g/mol. The second-order valence-corrected chi connectivity index (χ2v) is 7.95. The number of ether oxygens (including phenoxy) is 4. The van der Waals surface area contributed by atoms with Crippen LogP contribution in [0.25, 0.3) is 0 Å². The van der Waals surface area contributed by atoms with Crippen molar-refractivity contribution in [1.82, 2.24) is 5.32 Å². The van der Waals surface area contributed by atoms with Crippen molar-refractivity contribution >= 4 is 11.9 Å². The largest absolute Gasteiger partial charge is 0.480 e. The summed E-state index contributed by atoms with van der Waals surface area (Å²) in [5.41, 5.74) is 5.55. The van der Waals surface area contributed by atoms with Crippen molar-refractivity contribution in [2.75, 3.05) is 13.2 Å². The number of hydrogen-bond acceptors (Lipinski definition) is 13. The number of carbonyl (C=O) groups is 2. The van der Waals surface area contributed by atoms with Crippen LogP contribution in [-0.2, 0) is 28.5 Å². The molecule has 0 radical (unpaired) electrons.